The van der Waals surface area contributed by atoms with Crippen molar-refractivity contribution in [2.75, 3.05) is 13.2 Å². The van der Waals surface area contributed by atoms with Crippen molar-refractivity contribution in [3.05, 3.63) is 29.7 Å². The zero-order valence-electron chi connectivity index (χ0n) is 12.0. The quantitative estimate of drug-likeness (QED) is 0.340. The van der Waals surface area contributed by atoms with Crippen LogP contribution in [0.1, 0.15) is 12.5 Å². The second-order valence-corrected chi connectivity index (χ2v) is 7.66. The first-order chi connectivity index (χ1) is 10.9. The molecule has 0 spiro atoms. The Morgan fingerprint density at radius 1 is 1.39 bits per heavy atom. The molecule has 1 heterocycles. The van der Waals surface area contributed by atoms with Crippen LogP contribution in [-0.4, -0.2) is 30.3 Å². The van der Waals surface area contributed by atoms with Gasteiger partial charge < -0.3 is 15.2 Å². The first-order valence-electron chi connectivity index (χ1n) is 6.46. The number of hydrogen-bond donors (Lipinski definition) is 1. The second-order valence-electron chi connectivity index (χ2n) is 4.27. The fourth-order valence-electron chi connectivity index (χ4n) is 1.71. The normalized spacial score (nSPS) is 15.7. The average Bonchev–Trinajstić information content (AvgIpc) is 2.76. The number of nitrogens with zero attached hydrogens (tertiary/aromatic N) is 1. The molecule has 0 aromatic heterocycles. The van der Waals surface area contributed by atoms with Crippen molar-refractivity contribution in [3.63, 3.8) is 0 Å². The molecule has 0 saturated carbocycles. The average molecular weight is 558 g/mol. The van der Waals surface area contributed by atoms with Crippen molar-refractivity contribution in [2.45, 2.75) is 6.92 Å². The third-order valence-electron chi connectivity index (χ3n) is 2.60. The summed E-state index contributed by atoms with van der Waals surface area (Å²) in [7, 11) is 0. The molecule has 0 bridgehead atoms. The molecule has 23 heavy (non-hydrogen) atoms. The number of nitrogens with two attached hydrogens (primary N) is 1. The summed E-state index contributed by atoms with van der Waals surface area (Å²) < 4.78 is 12.0. The Bertz CT molecular complexity index is 696. The summed E-state index contributed by atoms with van der Waals surface area (Å²) >= 11 is 5.38. The molecule has 0 aliphatic carbocycles. The van der Waals surface area contributed by atoms with Gasteiger partial charge in [-0.3, -0.25) is 4.79 Å². The van der Waals surface area contributed by atoms with E-state index in [2.05, 4.69) is 50.2 Å². The lowest BCUT2D eigenvalue weighted by molar-refractivity contribution is -0.145. The highest BCUT2D eigenvalue weighted by Gasteiger charge is 2.20. The van der Waals surface area contributed by atoms with Crippen molar-refractivity contribution in [1.29, 1.82) is 0 Å². The zero-order chi connectivity index (χ0) is 17.0. The van der Waals surface area contributed by atoms with Gasteiger partial charge in [0, 0.05) is 0 Å². The van der Waals surface area contributed by atoms with Crippen LogP contribution in [-0.2, 0) is 14.3 Å². The molecule has 1 aliphatic heterocycles. The molecule has 0 saturated heterocycles. The number of hydrogen-bond acceptors (Lipinski definition) is 6. The SMILES string of the molecule is CCOC(=O)COc1c(I)cc(C=C2SC(N)=NC2=O)cc1I. The summed E-state index contributed by atoms with van der Waals surface area (Å²) in [4.78, 5) is 27.2. The first kappa shape index (κ1) is 18.5. The molecular weight excluding hydrogens is 546 g/mol. The Balaban J connectivity index is 2.16. The number of ether oxygens (including phenoxy) is 2. The molecule has 9 heteroatoms. The maximum absolute atomic E-state index is 11.6. The number of aliphatic imine (C=N–C) groups is 1. The lowest BCUT2D eigenvalue weighted by Gasteiger charge is -2.11. The summed E-state index contributed by atoms with van der Waals surface area (Å²) in [6, 6.07) is 3.72. The molecule has 0 fully saturated rings. The van der Waals surface area contributed by atoms with Crippen LogP contribution < -0.4 is 10.5 Å². The largest absolute Gasteiger partial charge is 0.480 e. The highest BCUT2D eigenvalue weighted by molar-refractivity contribution is 14.1. The molecule has 0 radical (unpaired) electrons. The molecule has 0 unspecified atom stereocenters. The van der Waals surface area contributed by atoms with E-state index in [1.807, 2.05) is 12.1 Å². The summed E-state index contributed by atoms with van der Waals surface area (Å²) in [6.45, 7) is 1.92. The maximum atomic E-state index is 11.6. The molecule has 122 valence electrons. The lowest BCUT2D eigenvalue weighted by Crippen LogP contribution is -2.15. The number of thioether (sulfide) groups is 1. The van der Waals surface area contributed by atoms with E-state index in [9.17, 15) is 9.59 Å². The fourth-order valence-corrected chi connectivity index (χ4v) is 4.52. The zero-order valence-corrected chi connectivity index (χ0v) is 17.1. The smallest absolute Gasteiger partial charge is 0.344 e. The number of esters is 1. The van der Waals surface area contributed by atoms with Gasteiger partial charge in [0.2, 0.25) is 0 Å². The number of amidine groups is 1. The van der Waals surface area contributed by atoms with Gasteiger partial charge in [-0.15, -0.1) is 0 Å². The topological polar surface area (TPSA) is 91.0 Å². The Kier molecular flexibility index (Phi) is 6.71. The van der Waals surface area contributed by atoms with E-state index >= 15 is 0 Å². The molecule has 2 rings (SSSR count). The Morgan fingerprint density at radius 2 is 2.04 bits per heavy atom. The van der Waals surface area contributed by atoms with E-state index in [0.29, 0.717) is 17.3 Å². The van der Waals surface area contributed by atoms with E-state index in [0.717, 1.165) is 24.5 Å². The van der Waals surface area contributed by atoms with Crippen LogP contribution in [0.25, 0.3) is 6.08 Å². The minimum Gasteiger partial charge on any atom is -0.480 e. The van der Waals surface area contributed by atoms with Gasteiger partial charge in [0.05, 0.1) is 18.7 Å². The van der Waals surface area contributed by atoms with Gasteiger partial charge in [0.25, 0.3) is 5.91 Å². The first-order valence-corrected chi connectivity index (χ1v) is 9.43. The molecular formula is C14H12I2N2O4S. The molecule has 1 amide bonds. The molecule has 6 nitrogen and oxygen atoms in total. The standard InChI is InChI=1S/C14H12I2N2O4S/c1-2-21-11(19)6-22-12-8(15)3-7(4-9(12)16)5-10-13(20)18-14(17)23-10/h3-5H,2,6H2,1H3,(H2,17,18,20). The molecule has 1 aliphatic rings. The highest BCUT2D eigenvalue weighted by Crippen LogP contribution is 2.32. The van der Waals surface area contributed by atoms with Crippen molar-refractivity contribution < 1.29 is 19.1 Å². The van der Waals surface area contributed by atoms with Gasteiger partial charge in [0.1, 0.15) is 5.75 Å². The van der Waals surface area contributed by atoms with Crippen LogP contribution in [0.5, 0.6) is 5.75 Å². The number of halogens is 2. The van der Waals surface area contributed by atoms with E-state index in [1.165, 1.54) is 0 Å². The number of amides is 1. The van der Waals surface area contributed by atoms with Crippen LogP contribution in [0.15, 0.2) is 22.0 Å². The Morgan fingerprint density at radius 3 is 2.57 bits per heavy atom. The number of rotatable bonds is 5. The van der Waals surface area contributed by atoms with Gasteiger partial charge >= 0.3 is 5.97 Å². The number of carbonyl (C=O) groups is 2. The lowest BCUT2D eigenvalue weighted by atomic mass is 10.2. The monoisotopic (exact) mass is 558 g/mol. The number of benzene rings is 1. The van der Waals surface area contributed by atoms with Crippen molar-refractivity contribution in [1.82, 2.24) is 0 Å². The van der Waals surface area contributed by atoms with E-state index < -0.39 is 5.97 Å². The van der Waals surface area contributed by atoms with Crippen LogP contribution in [0, 0.1) is 7.14 Å². The predicted molar refractivity (Wildman–Crippen MR) is 106 cm³/mol. The van der Waals surface area contributed by atoms with Crippen molar-refractivity contribution in [3.8, 4) is 5.75 Å². The van der Waals surface area contributed by atoms with E-state index in [1.54, 1.807) is 13.0 Å². The van der Waals surface area contributed by atoms with Gasteiger partial charge in [0.15, 0.2) is 11.8 Å². The summed E-state index contributed by atoms with van der Waals surface area (Å²) in [6.07, 6.45) is 1.73. The maximum Gasteiger partial charge on any atom is 0.344 e. The van der Waals surface area contributed by atoms with Crippen LogP contribution in [0.3, 0.4) is 0 Å². The van der Waals surface area contributed by atoms with Crippen LogP contribution >= 0.6 is 56.9 Å². The summed E-state index contributed by atoms with van der Waals surface area (Å²) in [5.74, 6) is -0.131. The minimum atomic E-state index is -0.411. The third-order valence-corrected chi connectivity index (χ3v) is 5.01. The Hall–Kier alpha value is -0.820. The number of carbonyl (C=O) groups excluding carboxylic acids is 2. The van der Waals surface area contributed by atoms with Gasteiger partial charge in [-0.25, -0.2) is 4.79 Å². The van der Waals surface area contributed by atoms with Crippen molar-refractivity contribution in [2.24, 2.45) is 10.7 Å². The van der Waals surface area contributed by atoms with Crippen LogP contribution in [0.2, 0.25) is 0 Å². The highest BCUT2D eigenvalue weighted by atomic mass is 127. The van der Waals surface area contributed by atoms with Gasteiger partial charge in [-0.1, -0.05) is 0 Å². The van der Waals surface area contributed by atoms with E-state index in [4.69, 9.17) is 15.2 Å². The molecule has 2 N–H and O–H groups in total. The second kappa shape index (κ2) is 8.33. The van der Waals surface area contributed by atoms with Gasteiger partial charge in [-0.2, -0.15) is 4.99 Å². The van der Waals surface area contributed by atoms with E-state index in [-0.39, 0.29) is 17.7 Å². The van der Waals surface area contributed by atoms with Gasteiger partial charge in [-0.05, 0) is 87.6 Å². The predicted octanol–water partition coefficient (Wildman–Crippen LogP) is 2.77. The summed E-state index contributed by atoms with van der Waals surface area (Å²) in [5.41, 5.74) is 6.37. The fraction of sp³-hybridized carbons (Fsp3) is 0.214. The molecule has 1 aromatic carbocycles. The summed E-state index contributed by atoms with van der Waals surface area (Å²) in [5, 5.41) is 0.250. The van der Waals surface area contributed by atoms with Crippen LogP contribution in [0.4, 0.5) is 0 Å². The van der Waals surface area contributed by atoms with Crippen molar-refractivity contribution >= 4 is 80.1 Å². The third kappa shape index (κ3) is 5.08. The Labute approximate surface area is 164 Å². The molecule has 1 aromatic rings. The molecule has 0 atom stereocenters. The minimum absolute atomic E-state index is 0.140.